The molecule has 1 heterocycles. The minimum Gasteiger partial charge on any atom is -0.454 e. The number of ether oxygens (including phenoxy) is 2. The number of sulfonamides is 1. The Labute approximate surface area is 246 Å². The van der Waals surface area contributed by atoms with Crippen molar-refractivity contribution < 1.29 is 27.5 Å². The first kappa shape index (κ1) is 30.2. The van der Waals surface area contributed by atoms with Crippen LogP contribution in [0.1, 0.15) is 25.0 Å². The van der Waals surface area contributed by atoms with Gasteiger partial charge in [0.2, 0.25) is 28.6 Å². The number of hydrogen-bond donors (Lipinski definition) is 1. The summed E-state index contributed by atoms with van der Waals surface area (Å²) in [6.07, 6.45) is 1.25. The first-order chi connectivity index (χ1) is 19.5. The number of carbonyl (C=O) groups is 2. The number of fused-ring (bicyclic) bond motifs is 1. The van der Waals surface area contributed by atoms with Crippen LogP contribution in [0.25, 0.3) is 0 Å². The largest absolute Gasteiger partial charge is 0.454 e. The van der Waals surface area contributed by atoms with E-state index >= 15 is 0 Å². The summed E-state index contributed by atoms with van der Waals surface area (Å²) in [6, 6.07) is 20.2. The highest BCUT2D eigenvalue weighted by Gasteiger charge is 2.33. The maximum atomic E-state index is 14.1. The summed E-state index contributed by atoms with van der Waals surface area (Å²) in [7, 11) is -3.91. The Bertz CT molecular complexity index is 1480. The van der Waals surface area contributed by atoms with Gasteiger partial charge in [-0.1, -0.05) is 74.0 Å². The highest BCUT2D eigenvalue weighted by atomic mass is 35.5. The number of nitrogens with zero attached hydrogens (tertiary/aromatic N) is 2. The van der Waals surface area contributed by atoms with Crippen molar-refractivity contribution in [3.8, 4) is 11.5 Å². The van der Waals surface area contributed by atoms with E-state index in [0.29, 0.717) is 28.6 Å². The Balaban J connectivity index is 1.73. The Hall–Kier alpha value is -3.76. The molecule has 1 atom stereocenters. The van der Waals surface area contributed by atoms with Gasteiger partial charge in [-0.05, 0) is 35.2 Å². The van der Waals surface area contributed by atoms with Crippen LogP contribution in [0.5, 0.6) is 11.5 Å². The molecule has 2 amide bonds. The van der Waals surface area contributed by atoms with E-state index in [1.807, 2.05) is 44.2 Å². The second-order valence-corrected chi connectivity index (χ2v) is 12.6. The number of benzene rings is 3. The van der Waals surface area contributed by atoms with E-state index in [4.69, 9.17) is 21.1 Å². The lowest BCUT2D eigenvalue weighted by molar-refractivity contribution is -0.140. The van der Waals surface area contributed by atoms with Crippen LogP contribution < -0.4 is 19.1 Å². The van der Waals surface area contributed by atoms with E-state index in [1.54, 1.807) is 36.4 Å². The second-order valence-electron chi connectivity index (χ2n) is 10.3. The van der Waals surface area contributed by atoms with E-state index in [0.717, 1.165) is 16.1 Å². The third-order valence-corrected chi connectivity index (χ3v) is 8.09. The fraction of sp³-hybridized carbons (Fsp3) is 0.333. The summed E-state index contributed by atoms with van der Waals surface area (Å²) in [4.78, 5) is 29.2. The SMILES string of the molecule is CC(C)CNC(=O)C(Cc1ccccc1)N(Cc1ccccc1Cl)C(=O)CN(c1ccc2c(c1)OCO2)S(C)(=O)=O. The van der Waals surface area contributed by atoms with Gasteiger partial charge in [0.05, 0.1) is 11.9 Å². The van der Waals surface area contributed by atoms with Gasteiger partial charge in [-0.2, -0.15) is 0 Å². The van der Waals surface area contributed by atoms with Crippen molar-refractivity contribution in [2.24, 2.45) is 5.92 Å². The van der Waals surface area contributed by atoms with Gasteiger partial charge in [-0.15, -0.1) is 0 Å². The van der Waals surface area contributed by atoms with E-state index < -0.39 is 28.5 Å². The molecule has 1 unspecified atom stereocenters. The molecule has 0 fully saturated rings. The molecule has 11 heteroatoms. The summed E-state index contributed by atoms with van der Waals surface area (Å²) in [5, 5.41) is 3.39. The molecular weight excluding hydrogens is 566 g/mol. The van der Waals surface area contributed by atoms with Gasteiger partial charge in [0, 0.05) is 30.6 Å². The molecule has 41 heavy (non-hydrogen) atoms. The molecule has 0 aromatic heterocycles. The Morgan fingerprint density at radius 2 is 1.66 bits per heavy atom. The molecule has 0 spiro atoms. The number of carbonyl (C=O) groups excluding carboxylic acids is 2. The maximum absolute atomic E-state index is 14.1. The summed E-state index contributed by atoms with van der Waals surface area (Å²) in [6.45, 7) is 3.87. The van der Waals surface area contributed by atoms with Gasteiger partial charge in [-0.3, -0.25) is 13.9 Å². The van der Waals surface area contributed by atoms with Crippen LogP contribution >= 0.6 is 11.6 Å². The molecule has 218 valence electrons. The van der Waals surface area contributed by atoms with Crippen molar-refractivity contribution in [3.05, 3.63) is 88.9 Å². The lowest BCUT2D eigenvalue weighted by atomic mass is 10.0. The Morgan fingerprint density at radius 3 is 2.34 bits per heavy atom. The molecule has 1 aliphatic rings. The number of hydrogen-bond acceptors (Lipinski definition) is 6. The summed E-state index contributed by atoms with van der Waals surface area (Å²) in [5.74, 6) is 0.159. The summed E-state index contributed by atoms with van der Waals surface area (Å²) in [5.41, 5.74) is 1.72. The molecule has 0 radical (unpaired) electrons. The number of amides is 2. The Kier molecular flexibility index (Phi) is 9.77. The van der Waals surface area contributed by atoms with Crippen molar-refractivity contribution >= 4 is 39.1 Å². The van der Waals surface area contributed by atoms with Crippen LogP contribution in [0.4, 0.5) is 5.69 Å². The van der Waals surface area contributed by atoms with Gasteiger partial charge in [-0.25, -0.2) is 8.42 Å². The molecule has 3 aromatic rings. The predicted molar refractivity (Wildman–Crippen MR) is 159 cm³/mol. The number of anilines is 1. The average Bonchev–Trinajstić information content (AvgIpc) is 3.41. The summed E-state index contributed by atoms with van der Waals surface area (Å²) < 4.78 is 37.7. The molecule has 0 bridgehead atoms. The van der Waals surface area contributed by atoms with Crippen molar-refractivity contribution in [1.82, 2.24) is 10.2 Å². The van der Waals surface area contributed by atoms with Gasteiger partial charge in [0.15, 0.2) is 11.5 Å². The zero-order chi connectivity index (χ0) is 29.6. The van der Waals surface area contributed by atoms with Crippen molar-refractivity contribution in [2.45, 2.75) is 32.9 Å². The van der Waals surface area contributed by atoms with Gasteiger partial charge in [0.25, 0.3) is 0 Å². The molecule has 0 aliphatic carbocycles. The van der Waals surface area contributed by atoms with Crippen LogP contribution in [0.15, 0.2) is 72.8 Å². The predicted octanol–water partition coefficient (Wildman–Crippen LogP) is 4.25. The molecule has 4 rings (SSSR count). The van der Waals surface area contributed by atoms with Crippen LogP contribution in [-0.2, 0) is 32.6 Å². The van der Waals surface area contributed by atoms with Crippen molar-refractivity contribution in [3.63, 3.8) is 0 Å². The maximum Gasteiger partial charge on any atom is 0.244 e. The highest BCUT2D eigenvalue weighted by Crippen LogP contribution is 2.36. The van der Waals surface area contributed by atoms with E-state index in [9.17, 15) is 18.0 Å². The van der Waals surface area contributed by atoms with E-state index in [-0.39, 0.29) is 37.3 Å². The van der Waals surface area contributed by atoms with Gasteiger partial charge >= 0.3 is 0 Å². The van der Waals surface area contributed by atoms with Gasteiger partial charge in [0.1, 0.15) is 12.6 Å². The van der Waals surface area contributed by atoms with Crippen LogP contribution in [0, 0.1) is 5.92 Å². The lowest BCUT2D eigenvalue weighted by Crippen LogP contribution is -2.53. The third kappa shape index (κ3) is 7.92. The van der Waals surface area contributed by atoms with Crippen LogP contribution in [0.2, 0.25) is 5.02 Å². The number of nitrogens with one attached hydrogen (secondary N) is 1. The highest BCUT2D eigenvalue weighted by molar-refractivity contribution is 7.92. The number of rotatable bonds is 12. The zero-order valence-electron chi connectivity index (χ0n) is 23.2. The first-order valence-electron chi connectivity index (χ1n) is 13.2. The molecule has 1 N–H and O–H groups in total. The molecule has 1 aliphatic heterocycles. The normalized spacial score (nSPS) is 13.1. The topological polar surface area (TPSA) is 105 Å². The third-order valence-electron chi connectivity index (χ3n) is 6.58. The Morgan fingerprint density at radius 1 is 0.976 bits per heavy atom. The molecule has 3 aromatic carbocycles. The molecule has 0 saturated heterocycles. The van der Waals surface area contributed by atoms with Crippen LogP contribution in [-0.4, -0.2) is 57.3 Å². The molecular formula is C30H34ClN3O6S. The standard InChI is InChI=1S/C30H34ClN3O6S/c1-21(2)17-32-30(36)26(15-22-9-5-4-6-10-22)33(18-23-11-7-8-12-25(23)31)29(35)19-34(41(3,37)38)24-13-14-27-28(16-24)40-20-39-27/h4-14,16,21,26H,15,17-20H2,1-3H3,(H,32,36). The van der Waals surface area contributed by atoms with Crippen molar-refractivity contribution in [2.75, 3.05) is 30.4 Å². The van der Waals surface area contributed by atoms with E-state index in [1.165, 1.54) is 11.0 Å². The lowest BCUT2D eigenvalue weighted by Gasteiger charge is -2.34. The molecule has 0 saturated carbocycles. The van der Waals surface area contributed by atoms with Crippen molar-refractivity contribution in [1.29, 1.82) is 0 Å². The number of halogens is 1. The minimum absolute atomic E-state index is 0.00382. The minimum atomic E-state index is -3.91. The monoisotopic (exact) mass is 599 g/mol. The first-order valence-corrected chi connectivity index (χ1v) is 15.5. The fourth-order valence-corrected chi connectivity index (χ4v) is 5.48. The summed E-state index contributed by atoms with van der Waals surface area (Å²) >= 11 is 6.48. The van der Waals surface area contributed by atoms with Crippen LogP contribution in [0.3, 0.4) is 0 Å². The quantitative estimate of drug-likeness (QED) is 0.334. The average molecular weight is 600 g/mol. The zero-order valence-corrected chi connectivity index (χ0v) is 24.8. The fourth-order valence-electron chi connectivity index (χ4n) is 4.44. The van der Waals surface area contributed by atoms with E-state index in [2.05, 4.69) is 5.32 Å². The second kappa shape index (κ2) is 13.3. The smallest absolute Gasteiger partial charge is 0.244 e. The molecule has 9 nitrogen and oxygen atoms in total. The van der Waals surface area contributed by atoms with Gasteiger partial charge < -0.3 is 19.7 Å².